The minimum Gasteiger partial charge on any atom is -0.391 e. The van der Waals surface area contributed by atoms with Crippen LogP contribution < -0.4 is 4.90 Å². The SMILES string of the molecule is COCCN(C)c1ccc([N+](=O)[O-])c(CO)c1. The third-order valence-electron chi connectivity index (χ3n) is 2.50. The van der Waals surface area contributed by atoms with E-state index in [4.69, 9.17) is 9.84 Å². The molecule has 6 heteroatoms. The lowest BCUT2D eigenvalue weighted by atomic mass is 10.1. The number of nitro groups is 1. The first kappa shape index (κ1) is 13.4. The monoisotopic (exact) mass is 240 g/mol. The molecule has 1 rings (SSSR count). The second kappa shape index (κ2) is 6.17. The summed E-state index contributed by atoms with van der Waals surface area (Å²) in [6, 6.07) is 4.69. The number of aliphatic hydroxyl groups is 1. The number of nitrogens with zero attached hydrogens (tertiary/aromatic N) is 2. The molecule has 0 aliphatic carbocycles. The Labute approximate surface area is 99.6 Å². The number of likely N-dealkylation sites (N-methyl/N-ethyl adjacent to an activating group) is 1. The molecule has 0 radical (unpaired) electrons. The van der Waals surface area contributed by atoms with E-state index >= 15 is 0 Å². The summed E-state index contributed by atoms with van der Waals surface area (Å²) in [5.41, 5.74) is 1.07. The normalized spacial score (nSPS) is 10.3. The van der Waals surface area contributed by atoms with Crippen LogP contribution in [0.2, 0.25) is 0 Å². The van der Waals surface area contributed by atoms with Crippen LogP contribution in [0.15, 0.2) is 18.2 Å². The summed E-state index contributed by atoms with van der Waals surface area (Å²) in [5, 5.41) is 19.8. The van der Waals surface area contributed by atoms with E-state index in [0.717, 1.165) is 5.69 Å². The van der Waals surface area contributed by atoms with E-state index in [2.05, 4.69) is 0 Å². The van der Waals surface area contributed by atoms with Crippen molar-refractivity contribution in [3.63, 3.8) is 0 Å². The van der Waals surface area contributed by atoms with Gasteiger partial charge in [0.2, 0.25) is 0 Å². The molecule has 0 aromatic heterocycles. The molecule has 1 N–H and O–H groups in total. The third-order valence-corrected chi connectivity index (χ3v) is 2.50. The van der Waals surface area contributed by atoms with Gasteiger partial charge in [-0.3, -0.25) is 10.1 Å². The molecule has 0 aliphatic rings. The predicted molar refractivity (Wildman–Crippen MR) is 64.2 cm³/mol. The smallest absolute Gasteiger partial charge is 0.275 e. The van der Waals surface area contributed by atoms with Gasteiger partial charge in [-0.1, -0.05) is 0 Å². The molecule has 0 atom stereocenters. The number of hydrogen-bond donors (Lipinski definition) is 1. The summed E-state index contributed by atoms with van der Waals surface area (Å²) in [5.74, 6) is 0. The molecule has 0 spiro atoms. The summed E-state index contributed by atoms with van der Waals surface area (Å²) in [6.45, 7) is 0.906. The van der Waals surface area contributed by atoms with Crippen LogP contribution in [0, 0.1) is 10.1 Å². The zero-order valence-corrected chi connectivity index (χ0v) is 9.92. The van der Waals surface area contributed by atoms with Gasteiger partial charge in [0.1, 0.15) is 0 Å². The van der Waals surface area contributed by atoms with Gasteiger partial charge in [-0.2, -0.15) is 0 Å². The minimum atomic E-state index is -0.496. The summed E-state index contributed by atoms with van der Waals surface area (Å²) in [6.07, 6.45) is 0. The number of nitro benzene ring substituents is 1. The summed E-state index contributed by atoms with van der Waals surface area (Å²) in [4.78, 5) is 12.1. The van der Waals surface area contributed by atoms with Crippen molar-refractivity contribution < 1.29 is 14.8 Å². The molecule has 0 fully saturated rings. The topological polar surface area (TPSA) is 75.8 Å². The molecular weight excluding hydrogens is 224 g/mol. The van der Waals surface area contributed by atoms with Gasteiger partial charge in [0, 0.05) is 32.5 Å². The predicted octanol–water partition coefficient (Wildman–Crippen LogP) is 1.17. The Bertz CT molecular complexity index is 395. The highest BCUT2D eigenvalue weighted by atomic mass is 16.6. The second-order valence-electron chi connectivity index (χ2n) is 3.64. The van der Waals surface area contributed by atoms with Crippen molar-refractivity contribution in [1.29, 1.82) is 0 Å². The molecule has 0 amide bonds. The first-order valence-electron chi connectivity index (χ1n) is 5.18. The van der Waals surface area contributed by atoms with Gasteiger partial charge in [0.05, 0.1) is 23.7 Å². The zero-order chi connectivity index (χ0) is 12.8. The van der Waals surface area contributed by atoms with Crippen molar-refractivity contribution in [3.8, 4) is 0 Å². The van der Waals surface area contributed by atoms with Crippen LogP contribution >= 0.6 is 0 Å². The van der Waals surface area contributed by atoms with Gasteiger partial charge in [-0.15, -0.1) is 0 Å². The molecule has 0 heterocycles. The van der Waals surface area contributed by atoms with Gasteiger partial charge < -0.3 is 14.7 Å². The van der Waals surface area contributed by atoms with Crippen LogP contribution in [0.25, 0.3) is 0 Å². The zero-order valence-electron chi connectivity index (χ0n) is 9.92. The largest absolute Gasteiger partial charge is 0.391 e. The van der Waals surface area contributed by atoms with E-state index in [1.165, 1.54) is 6.07 Å². The van der Waals surface area contributed by atoms with Gasteiger partial charge in [-0.05, 0) is 12.1 Å². The van der Waals surface area contributed by atoms with Crippen LogP contribution in [0.3, 0.4) is 0 Å². The Kier molecular flexibility index (Phi) is 4.86. The highest BCUT2D eigenvalue weighted by Crippen LogP contribution is 2.24. The van der Waals surface area contributed by atoms with Gasteiger partial charge in [-0.25, -0.2) is 0 Å². The first-order chi connectivity index (χ1) is 8.10. The summed E-state index contributed by atoms with van der Waals surface area (Å²) < 4.78 is 4.95. The van der Waals surface area contributed by atoms with Crippen molar-refractivity contribution in [1.82, 2.24) is 0 Å². The fraction of sp³-hybridized carbons (Fsp3) is 0.455. The highest BCUT2D eigenvalue weighted by Gasteiger charge is 2.14. The maximum Gasteiger partial charge on any atom is 0.275 e. The van der Waals surface area contributed by atoms with Crippen molar-refractivity contribution >= 4 is 11.4 Å². The van der Waals surface area contributed by atoms with E-state index in [0.29, 0.717) is 18.7 Å². The summed E-state index contributed by atoms with van der Waals surface area (Å²) in [7, 11) is 3.48. The Morgan fingerprint density at radius 1 is 1.53 bits per heavy atom. The van der Waals surface area contributed by atoms with Gasteiger partial charge in [0.15, 0.2) is 0 Å². The number of anilines is 1. The maximum atomic E-state index is 10.7. The van der Waals surface area contributed by atoms with Crippen molar-refractivity contribution in [2.45, 2.75) is 6.61 Å². The molecule has 6 nitrogen and oxygen atoms in total. The molecule has 1 aromatic rings. The van der Waals surface area contributed by atoms with Crippen LogP contribution in [0.4, 0.5) is 11.4 Å². The molecule has 0 saturated carbocycles. The van der Waals surface area contributed by atoms with Crippen molar-refractivity contribution in [2.24, 2.45) is 0 Å². The number of aliphatic hydroxyl groups excluding tert-OH is 1. The minimum absolute atomic E-state index is 0.0589. The van der Waals surface area contributed by atoms with E-state index in [9.17, 15) is 10.1 Å². The van der Waals surface area contributed by atoms with Crippen LogP contribution in [0.1, 0.15) is 5.56 Å². The van der Waals surface area contributed by atoms with Crippen LogP contribution in [-0.2, 0) is 11.3 Å². The Balaban J connectivity index is 2.92. The van der Waals surface area contributed by atoms with Crippen molar-refractivity contribution in [2.75, 3.05) is 32.2 Å². The van der Waals surface area contributed by atoms with Crippen LogP contribution in [-0.4, -0.2) is 37.3 Å². The van der Waals surface area contributed by atoms with E-state index in [-0.39, 0.29) is 12.3 Å². The Morgan fingerprint density at radius 2 is 2.24 bits per heavy atom. The molecule has 0 saturated heterocycles. The lowest BCUT2D eigenvalue weighted by molar-refractivity contribution is -0.385. The fourth-order valence-electron chi connectivity index (χ4n) is 1.47. The number of benzene rings is 1. The molecule has 0 aliphatic heterocycles. The molecular formula is C11H16N2O4. The average molecular weight is 240 g/mol. The first-order valence-corrected chi connectivity index (χ1v) is 5.18. The van der Waals surface area contributed by atoms with Gasteiger partial charge >= 0.3 is 0 Å². The molecule has 0 bridgehead atoms. The molecule has 0 unspecified atom stereocenters. The van der Waals surface area contributed by atoms with Crippen molar-refractivity contribution in [3.05, 3.63) is 33.9 Å². The summed E-state index contributed by atoms with van der Waals surface area (Å²) >= 11 is 0. The molecule has 17 heavy (non-hydrogen) atoms. The number of rotatable bonds is 6. The maximum absolute atomic E-state index is 10.7. The highest BCUT2D eigenvalue weighted by molar-refractivity contribution is 5.55. The standard InChI is InChI=1S/C11H16N2O4/c1-12(5-6-17-2)10-3-4-11(13(15)16)9(7-10)8-14/h3-4,7,14H,5-6,8H2,1-2H3. The number of ether oxygens (including phenoxy) is 1. The van der Waals surface area contributed by atoms with E-state index in [1.807, 2.05) is 11.9 Å². The number of methoxy groups -OCH3 is 1. The fourth-order valence-corrected chi connectivity index (χ4v) is 1.47. The Hall–Kier alpha value is -1.66. The van der Waals surface area contributed by atoms with E-state index < -0.39 is 4.92 Å². The van der Waals surface area contributed by atoms with E-state index in [1.54, 1.807) is 19.2 Å². The number of hydrogen-bond acceptors (Lipinski definition) is 5. The lowest BCUT2D eigenvalue weighted by Crippen LogP contribution is -2.22. The quantitative estimate of drug-likeness (QED) is 0.596. The third kappa shape index (κ3) is 3.40. The van der Waals surface area contributed by atoms with Gasteiger partial charge in [0.25, 0.3) is 5.69 Å². The lowest BCUT2D eigenvalue weighted by Gasteiger charge is -2.19. The molecule has 1 aromatic carbocycles. The van der Waals surface area contributed by atoms with Crippen LogP contribution in [0.5, 0.6) is 0 Å². The second-order valence-corrected chi connectivity index (χ2v) is 3.64. The Morgan fingerprint density at radius 3 is 2.76 bits per heavy atom. The average Bonchev–Trinajstić information content (AvgIpc) is 2.34. The molecule has 94 valence electrons.